The molecule has 0 spiro atoms. The van der Waals surface area contributed by atoms with Crippen LogP contribution in [0, 0.1) is 6.92 Å². The van der Waals surface area contributed by atoms with E-state index in [1.807, 2.05) is 45.9 Å². The van der Waals surface area contributed by atoms with E-state index in [9.17, 15) is 0 Å². The second-order valence-corrected chi connectivity index (χ2v) is 2.59. The zero-order chi connectivity index (χ0) is 11.0. The SMILES string of the molecule is CC.CCOc1cc(C)ccc1OC. The van der Waals surface area contributed by atoms with Gasteiger partial charge in [0.25, 0.3) is 0 Å². The second kappa shape index (κ2) is 7.25. The molecule has 0 N–H and O–H groups in total. The highest BCUT2D eigenvalue weighted by atomic mass is 16.5. The first-order chi connectivity index (χ1) is 6.77. The average molecular weight is 196 g/mol. The molecular weight excluding hydrogens is 176 g/mol. The molecule has 0 aliphatic rings. The summed E-state index contributed by atoms with van der Waals surface area (Å²) < 4.78 is 10.5. The van der Waals surface area contributed by atoms with E-state index >= 15 is 0 Å². The summed E-state index contributed by atoms with van der Waals surface area (Å²) in [5.74, 6) is 1.61. The highest BCUT2D eigenvalue weighted by Gasteiger charge is 2.01. The van der Waals surface area contributed by atoms with E-state index in [-0.39, 0.29) is 0 Å². The van der Waals surface area contributed by atoms with Crippen molar-refractivity contribution in [1.82, 2.24) is 0 Å². The minimum absolute atomic E-state index is 0.666. The Labute approximate surface area is 86.9 Å². The Bertz CT molecular complexity index is 256. The van der Waals surface area contributed by atoms with E-state index in [1.54, 1.807) is 7.11 Å². The molecule has 0 heterocycles. The first kappa shape index (κ1) is 12.8. The predicted molar refractivity (Wildman–Crippen MR) is 60.2 cm³/mol. The van der Waals surface area contributed by atoms with Gasteiger partial charge in [-0.15, -0.1) is 0 Å². The topological polar surface area (TPSA) is 18.5 Å². The minimum Gasteiger partial charge on any atom is -0.493 e. The van der Waals surface area contributed by atoms with Gasteiger partial charge in [-0.3, -0.25) is 0 Å². The van der Waals surface area contributed by atoms with Crippen molar-refractivity contribution in [2.45, 2.75) is 27.7 Å². The molecule has 2 heteroatoms. The second-order valence-electron chi connectivity index (χ2n) is 2.59. The Kier molecular flexibility index (Phi) is 6.63. The number of benzene rings is 1. The molecule has 1 rings (SSSR count). The van der Waals surface area contributed by atoms with Crippen LogP contribution >= 0.6 is 0 Å². The average Bonchev–Trinajstić information content (AvgIpc) is 2.22. The molecule has 0 atom stereocenters. The van der Waals surface area contributed by atoms with Crippen molar-refractivity contribution in [3.8, 4) is 11.5 Å². The molecule has 0 bridgehead atoms. The van der Waals surface area contributed by atoms with Crippen molar-refractivity contribution in [1.29, 1.82) is 0 Å². The third kappa shape index (κ3) is 3.69. The van der Waals surface area contributed by atoms with Gasteiger partial charge in [0.2, 0.25) is 0 Å². The lowest BCUT2D eigenvalue weighted by Gasteiger charge is -2.09. The molecule has 14 heavy (non-hydrogen) atoms. The first-order valence-corrected chi connectivity index (χ1v) is 5.05. The Balaban J connectivity index is 0.000000791. The molecule has 0 saturated carbocycles. The van der Waals surface area contributed by atoms with Gasteiger partial charge in [-0.2, -0.15) is 0 Å². The molecule has 80 valence electrons. The number of ether oxygens (including phenoxy) is 2. The summed E-state index contributed by atoms with van der Waals surface area (Å²) in [5.41, 5.74) is 1.18. The number of aryl methyl sites for hydroxylation is 1. The molecule has 1 aromatic rings. The summed E-state index contributed by atoms with van der Waals surface area (Å²) in [4.78, 5) is 0. The molecule has 1 aromatic carbocycles. The van der Waals surface area contributed by atoms with Gasteiger partial charge in [0.1, 0.15) is 0 Å². The van der Waals surface area contributed by atoms with Gasteiger partial charge < -0.3 is 9.47 Å². The molecule has 2 nitrogen and oxygen atoms in total. The molecule has 0 aliphatic heterocycles. The Morgan fingerprint density at radius 2 is 1.79 bits per heavy atom. The summed E-state index contributed by atoms with van der Waals surface area (Å²) in [7, 11) is 1.65. The number of hydrogen-bond acceptors (Lipinski definition) is 2. The predicted octanol–water partition coefficient (Wildman–Crippen LogP) is 3.43. The fourth-order valence-corrected chi connectivity index (χ4v) is 1.05. The zero-order valence-corrected chi connectivity index (χ0v) is 9.76. The molecule has 0 aliphatic carbocycles. The van der Waals surface area contributed by atoms with E-state index in [4.69, 9.17) is 9.47 Å². The van der Waals surface area contributed by atoms with Crippen LogP contribution < -0.4 is 9.47 Å². The van der Waals surface area contributed by atoms with Gasteiger partial charge in [-0.1, -0.05) is 19.9 Å². The van der Waals surface area contributed by atoms with Crippen LogP contribution in [0.5, 0.6) is 11.5 Å². The van der Waals surface area contributed by atoms with Gasteiger partial charge in [0.05, 0.1) is 13.7 Å². The third-order valence-corrected chi connectivity index (χ3v) is 1.62. The third-order valence-electron chi connectivity index (χ3n) is 1.62. The maximum absolute atomic E-state index is 5.38. The van der Waals surface area contributed by atoms with Gasteiger partial charge >= 0.3 is 0 Å². The quantitative estimate of drug-likeness (QED) is 0.737. The highest BCUT2D eigenvalue weighted by molar-refractivity contribution is 5.42. The largest absolute Gasteiger partial charge is 0.493 e. The van der Waals surface area contributed by atoms with Crippen LogP contribution in [-0.2, 0) is 0 Å². The maximum Gasteiger partial charge on any atom is 0.161 e. The van der Waals surface area contributed by atoms with E-state index < -0.39 is 0 Å². The summed E-state index contributed by atoms with van der Waals surface area (Å²) in [6.45, 7) is 8.66. The van der Waals surface area contributed by atoms with Crippen LogP contribution in [0.15, 0.2) is 18.2 Å². The Morgan fingerprint density at radius 3 is 2.29 bits per heavy atom. The number of methoxy groups -OCH3 is 1. The summed E-state index contributed by atoms with van der Waals surface area (Å²) in [5, 5.41) is 0. The first-order valence-electron chi connectivity index (χ1n) is 5.05. The van der Waals surface area contributed by atoms with Gasteiger partial charge in [0, 0.05) is 0 Å². The van der Waals surface area contributed by atoms with Crippen molar-refractivity contribution >= 4 is 0 Å². The van der Waals surface area contributed by atoms with Crippen molar-refractivity contribution in [3.05, 3.63) is 23.8 Å². The lowest BCUT2D eigenvalue weighted by atomic mass is 10.2. The van der Waals surface area contributed by atoms with Crippen LogP contribution in [0.2, 0.25) is 0 Å². The van der Waals surface area contributed by atoms with Crippen LogP contribution in [-0.4, -0.2) is 13.7 Å². The van der Waals surface area contributed by atoms with Gasteiger partial charge in [-0.25, -0.2) is 0 Å². The van der Waals surface area contributed by atoms with Crippen molar-refractivity contribution < 1.29 is 9.47 Å². The van der Waals surface area contributed by atoms with E-state index in [1.165, 1.54) is 5.56 Å². The molecule has 0 fully saturated rings. The Morgan fingerprint density at radius 1 is 1.14 bits per heavy atom. The highest BCUT2D eigenvalue weighted by Crippen LogP contribution is 2.27. The molecule has 0 unspecified atom stereocenters. The molecule has 0 radical (unpaired) electrons. The molecular formula is C12H20O2. The monoisotopic (exact) mass is 196 g/mol. The lowest BCUT2D eigenvalue weighted by molar-refractivity contribution is 0.310. The fourth-order valence-electron chi connectivity index (χ4n) is 1.05. The normalized spacial score (nSPS) is 8.64. The number of hydrogen-bond donors (Lipinski definition) is 0. The van der Waals surface area contributed by atoms with Crippen molar-refractivity contribution in [2.24, 2.45) is 0 Å². The zero-order valence-electron chi connectivity index (χ0n) is 9.76. The fraction of sp³-hybridized carbons (Fsp3) is 0.500. The van der Waals surface area contributed by atoms with E-state index in [0.717, 1.165) is 11.5 Å². The van der Waals surface area contributed by atoms with E-state index in [0.29, 0.717) is 6.61 Å². The van der Waals surface area contributed by atoms with Crippen LogP contribution in [0.3, 0.4) is 0 Å². The van der Waals surface area contributed by atoms with Crippen LogP contribution in [0.25, 0.3) is 0 Å². The standard InChI is InChI=1S/C10H14O2.C2H6/c1-4-12-10-7-8(2)5-6-9(10)11-3;1-2/h5-7H,4H2,1-3H3;1-2H3. The molecule has 0 saturated heterocycles. The lowest BCUT2D eigenvalue weighted by Crippen LogP contribution is -1.95. The molecule has 0 aromatic heterocycles. The summed E-state index contributed by atoms with van der Waals surface area (Å²) in [6, 6.07) is 5.89. The maximum atomic E-state index is 5.38. The van der Waals surface area contributed by atoms with Crippen molar-refractivity contribution in [2.75, 3.05) is 13.7 Å². The smallest absolute Gasteiger partial charge is 0.161 e. The molecule has 0 amide bonds. The Hall–Kier alpha value is -1.18. The van der Waals surface area contributed by atoms with Gasteiger partial charge in [0.15, 0.2) is 11.5 Å². The number of rotatable bonds is 3. The summed E-state index contributed by atoms with van der Waals surface area (Å²) >= 11 is 0. The minimum atomic E-state index is 0.666. The van der Waals surface area contributed by atoms with Crippen LogP contribution in [0.4, 0.5) is 0 Å². The van der Waals surface area contributed by atoms with Crippen LogP contribution in [0.1, 0.15) is 26.3 Å². The van der Waals surface area contributed by atoms with E-state index in [2.05, 4.69) is 0 Å². The summed E-state index contributed by atoms with van der Waals surface area (Å²) in [6.07, 6.45) is 0. The van der Waals surface area contributed by atoms with Gasteiger partial charge in [-0.05, 0) is 31.5 Å². The van der Waals surface area contributed by atoms with Crippen molar-refractivity contribution in [3.63, 3.8) is 0 Å².